The Morgan fingerprint density at radius 3 is 2.48 bits per heavy atom. The second-order valence-electron chi connectivity index (χ2n) is 5.96. The van der Waals surface area contributed by atoms with E-state index in [1.54, 1.807) is 37.3 Å². The van der Waals surface area contributed by atoms with Gasteiger partial charge >= 0.3 is 0 Å². The fraction of sp³-hybridized carbons (Fsp3) is 0.238. The van der Waals surface area contributed by atoms with Gasteiger partial charge in [0.1, 0.15) is 11.8 Å². The summed E-state index contributed by atoms with van der Waals surface area (Å²) in [5.74, 6) is 0.0630. The molecule has 0 spiro atoms. The Hall–Kier alpha value is -2.79. The number of amides is 2. The van der Waals surface area contributed by atoms with Gasteiger partial charge < -0.3 is 15.0 Å². The molecule has 2 amide bonds. The maximum absolute atomic E-state index is 12.8. The van der Waals surface area contributed by atoms with E-state index in [1.807, 2.05) is 30.3 Å². The summed E-state index contributed by atoms with van der Waals surface area (Å²) in [5, 5.41) is 3.34. The third-order valence-electron chi connectivity index (χ3n) is 3.96. The number of carbonyl (C=O) groups is 2. The Balaban J connectivity index is 2.11. The number of hydrogen-bond acceptors (Lipinski definition) is 3. The first-order valence-corrected chi connectivity index (χ1v) is 8.99. The van der Waals surface area contributed by atoms with Crippen LogP contribution in [0, 0.1) is 0 Å². The van der Waals surface area contributed by atoms with Gasteiger partial charge in [-0.2, -0.15) is 0 Å². The average molecular weight is 387 g/mol. The highest BCUT2D eigenvalue weighted by Gasteiger charge is 2.26. The smallest absolute Gasteiger partial charge is 0.261 e. The van der Waals surface area contributed by atoms with Crippen molar-refractivity contribution >= 4 is 23.4 Å². The predicted molar refractivity (Wildman–Crippen MR) is 107 cm³/mol. The molecule has 0 unspecified atom stereocenters. The SMILES string of the molecule is C=CCNC(=O)[C@@H](C)N(Cc1ccc(Cl)cc1)C(=O)COc1ccccc1. The van der Waals surface area contributed by atoms with Crippen molar-refractivity contribution in [2.24, 2.45) is 0 Å². The van der Waals surface area contributed by atoms with E-state index in [0.29, 0.717) is 17.3 Å². The first-order chi connectivity index (χ1) is 13.0. The van der Waals surface area contributed by atoms with Gasteiger partial charge in [-0.3, -0.25) is 9.59 Å². The van der Waals surface area contributed by atoms with Crippen LogP contribution >= 0.6 is 11.6 Å². The minimum Gasteiger partial charge on any atom is -0.484 e. The third kappa shape index (κ3) is 6.46. The van der Waals surface area contributed by atoms with Gasteiger partial charge in [0.2, 0.25) is 5.91 Å². The molecular weight excluding hydrogens is 364 g/mol. The van der Waals surface area contributed by atoms with Gasteiger partial charge in [-0.05, 0) is 36.8 Å². The maximum atomic E-state index is 12.8. The highest BCUT2D eigenvalue weighted by Crippen LogP contribution is 2.15. The summed E-state index contributed by atoms with van der Waals surface area (Å²) >= 11 is 5.92. The molecule has 0 saturated carbocycles. The average Bonchev–Trinajstić information content (AvgIpc) is 2.70. The van der Waals surface area contributed by atoms with Crippen LogP contribution in [0.4, 0.5) is 0 Å². The molecule has 0 radical (unpaired) electrons. The number of para-hydroxylation sites is 1. The van der Waals surface area contributed by atoms with E-state index in [1.165, 1.54) is 4.90 Å². The molecule has 0 aliphatic carbocycles. The van der Waals surface area contributed by atoms with E-state index in [2.05, 4.69) is 11.9 Å². The third-order valence-corrected chi connectivity index (χ3v) is 4.21. The minimum atomic E-state index is -0.660. The molecule has 2 aromatic carbocycles. The summed E-state index contributed by atoms with van der Waals surface area (Å²) in [6.45, 7) is 5.73. The molecule has 27 heavy (non-hydrogen) atoms. The lowest BCUT2D eigenvalue weighted by Crippen LogP contribution is -2.49. The number of ether oxygens (including phenoxy) is 1. The Kier molecular flexibility index (Phi) is 7.89. The molecule has 0 aliphatic rings. The fourth-order valence-corrected chi connectivity index (χ4v) is 2.56. The lowest BCUT2D eigenvalue weighted by atomic mass is 10.1. The van der Waals surface area contributed by atoms with Gasteiger partial charge in [-0.25, -0.2) is 0 Å². The van der Waals surface area contributed by atoms with Crippen LogP contribution in [0.2, 0.25) is 5.02 Å². The standard InChI is InChI=1S/C21H23ClN2O3/c1-3-13-23-21(26)16(2)24(14-17-9-11-18(22)12-10-17)20(25)15-27-19-7-5-4-6-8-19/h3-12,16H,1,13-15H2,2H3,(H,23,26)/t16-/m1/s1. The summed E-state index contributed by atoms with van der Waals surface area (Å²) in [6.07, 6.45) is 1.59. The predicted octanol–water partition coefficient (Wildman–Crippen LogP) is 3.44. The lowest BCUT2D eigenvalue weighted by molar-refractivity contribution is -0.142. The van der Waals surface area contributed by atoms with Crippen molar-refractivity contribution in [2.45, 2.75) is 19.5 Å². The Bertz CT molecular complexity index is 763. The summed E-state index contributed by atoms with van der Waals surface area (Å²) in [7, 11) is 0. The molecule has 6 heteroatoms. The number of hydrogen-bond donors (Lipinski definition) is 1. The molecule has 0 aromatic heterocycles. The summed E-state index contributed by atoms with van der Waals surface area (Å²) < 4.78 is 5.56. The zero-order valence-corrected chi connectivity index (χ0v) is 16.0. The van der Waals surface area contributed by atoms with Gasteiger partial charge in [0, 0.05) is 18.1 Å². The van der Waals surface area contributed by atoms with Gasteiger partial charge in [-0.1, -0.05) is 48.0 Å². The van der Waals surface area contributed by atoms with Crippen molar-refractivity contribution in [3.05, 3.63) is 77.8 Å². The first-order valence-electron chi connectivity index (χ1n) is 8.61. The quantitative estimate of drug-likeness (QED) is 0.671. The molecule has 142 valence electrons. The van der Waals surface area contributed by atoms with E-state index in [9.17, 15) is 9.59 Å². The van der Waals surface area contributed by atoms with Crippen molar-refractivity contribution in [1.29, 1.82) is 0 Å². The van der Waals surface area contributed by atoms with Crippen molar-refractivity contribution in [3.8, 4) is 5.75 Å². The van der Waals surface area contributed by atoms with Crippen LogP contribution in [0.5, 0.6) is 5.75 Å². The van der Waals surface area contributed by atoms with Gasteiger partial charge in [-0.15, -0.1) is 6.58 Å². The monoisotopic (exact) mass is 386 g/mol. The number of benzene rings is 2. The molecule has 0 heterocycles. The van der Waals surface area contributed by atoms with Gasteiger partial charge in [0.05, 0.1) is 0 Å². The fourth-order valence-electron chi connectivity index (χ4n) is 2.43. The molecule has 0 bridgehead atoms. The zero-order valence-electron chi connectivity index (χ0n) is 15.2. The molecule has 0 fully saturated rings. The number of nitrogens with one attached hydrogen (secondary N) is 1. The van der Waals surface area contributed by atoms with Crippen molar-refractivity contribution < 1.29 is 14.3 Å². The molecule has 0 aliphatic heterocycles. The van der Waals surface area contributed by atoms with Crippen molar-refractivity contribution in [1.82, 2.24) is 10.2 Å². The summed E-state index contributed by atoms with van der Waals surface area (Å²) in [6, 6.07) is 15.6. The van der Waals surface area contributed by atoms with E-state index in [0.717, 1.165) is 5.56 Å². The molecule has 5 nitrogen and oxygen atoms in total. The summed E-state index contributed by atoms with van der Waals surface area (Å²) in [5.41, 5.74) is 0.871. The first kappa shape index (κ1) is 20.5. The van der Waals surface area contributed by atoms with E-state index in [-0.39, 0.29) is 25.0 Å². The zero-order chi connectivity index (χ0) is 19.6. The van der Waals surface area contributed by atoms with Gasteiger partial charge in [0.25, 0.3) is 5.91 Å². The number of rotatable bonds is 9. The topological polar surface area (TPSA) is 58.6 Å². The lowest BCUT2D eigenvalue weighted by Gasteiger charge is -2.28. The van der Waals surface area contributed by atoms with E-state index >= 15 is 0 Å². The van der Waals surface area contributed by atoms with Crippen LogP contribution in [0.15, 0.2) is 67.3 Å². The Labute approximate surface area is 164 Å². The maximum Gasteiger partial charge on any atom is 0.261 e. The second-order valence-corrected chi connectivity index (χ2v) is 6.40. The van der Waals surface area contributed by atoms with Crippen LogP contribution in [-0.4, -0.2) is 35.9 Å². The normalized spacial score (nSPS) is 11.3. The van der Waals surface area contributed by atoms with E-state index in [4.69, 9.17) is 16.3 Å². The van der Waals surface area contributed by atoms with Crippen LogP contribution in [0.3, 0.4) is 0 Å². The van der Waals surface area contributed by atoms with Gasteiger partial charge in [0.15, 0.2) is 6.61 Å². The van der Waals surface area contributed by atoms with Crippen LogP contribution in [-0.2, 0) is 16.1 Å². The molecule has 0 saturated heterocycles. The molecule has 1 atom stereocenters. The number of halogens is 1. The highest BCUT2D eigenvalue weighted by atomic mass is 35.5. The number of carbonyl (C=O) groups excluding carboxylic acids is 2. The molecular formula is C21H23ClN2O3. The second kappa shape index (κ2) is 10.4. The summed E-state index contributed by atoms with van der Waals surface area (Å²) in [4.78, 5) is 26.6. The molecule has 2 rings (SSSR count). The molecule has 1 N–H and O–H groups in total. The Morgan fingerprint density at radius 2 is 1.85 bits per heavy atom. The molecule has 2 aromatic rings. The van der Waals surface area contributed by atoms with E-state index < -0.39 is 6.04 Å². The highest BCUT2D eigenvalue weighted by molar-refractivity contribution is 6.30. The Morgan fingerprint density at radius 1 is 1.19 bits per heavy atom. The minimum absolute atomic E-state index is 0.156. The van der Waals surface area contributed by atoms with Crippen molar-refractivity contribution in [2.75, 3.05) is 13.2 Å². The largest absolute Gasteiger partial charge is 0.484 e. The van der Waals surface area contributed by atoms with Crippen LogP contribution in [0.25, 0.3) is 0 Å². The number of nitrogens with zero attached hydrogens (tertiary/aromatic N) is 1. The van der Waals surface area contributed by atoms with Crippen LogP contribution in [0.1, 0.15) is 12.5 Å². The van der Waals surface area contributed by atoms with Crippen LogP contribution < -0.4 is 10.1 Å². The van der Waals surface area contributed by atoms with Crippen molar-refractivity contribution in [3.63, 3.8) is 0 Å².